The first-order valence-electron chi connectivity index (χ1n) is 7.94. The van der Waals surface area contributed by atoms with E-state index in [1.807, 2.05) is 54.6 Å². The van der Waals surface area contributed by atoms with E-state index in [1.54, 1.807) is 0 Å². The van der Waals surface area contributed by atoms with E-state index in [0.29, 0.717) is 11.3 Å². The first kappa shape index (κ1) is 14.0. The first-order chi connectivity index (χ1) is 11.2. The summed E-state index contributed by atoms with van der Waals surface area (Å²) in [5, 5.41) is 21.2. The third-order valence-electron chi connectivity index (χ3n) is 5.38. The number of allylic oxidation sites excluding steroid dienone is 1. The van der Waals surface area contributed by atoms with Crippen LogP contribution in [-0.4, -0.2) is 5.11 Å². The quantitative estimate of drug-likeness (QED) is 0.851. The molecule has 4 rings (SSSR count). The topological polar surface area (TPSA) is 70.0 Å². The number of nitriles is 1. The molecule has 0 fully saturated rings. The summed E-state index contributed by atoms with van der Waals surface area (Å²) in [6.45, 7) is 0. The van der Waals surface area contributed by atoms with Gasteiger partial charge in [-0.1, -0.05) is 54.6 Å². The highest BCUT2D eigenvalue weighted by Crippen LogP contribution is 2.57. The largest absolute Gasteiger partial charge is 0.399 e. The molecule has 3 heteroatoms. The van der Waals surface area contributed by atoms with Crippen LogP contribution in [0.3, 0.4) is 0 Å². The first-order valence-corrected chi connectivity index (χ1v) is 7.94. The van der Waals surface area contributed by atoms with Crippen LogP contribution in [0.2, 0.25) is 0 Å². The molecule has 0 saturated carbocycles. The molecule has 114 valence electrons. The van der Waals surface area contributed by atoms with E-state index >= 15 is 0 Å². The van der Waals surface area contributed by atoms with Crippen molar-refractivity contribution in [2.75, 3.05) is 0 Å². The molecule has 2 aliphatic rings. The van der Waals surface area contributed by atoms with E-state index in [4.69, 9.17) is 5.73 Å². The summed E-state index contributed by atoms with van der Waals surface area (Å²) in [6, 6.07) is 20.1. The van der Waals surface area contributed by atoms with Crippen LogP contribution < -0.4 is 5.73 Å². The van der Waals surface area contributed by atoms with Crippen LogP contribution in [0.5, 0.6) is 0 Å². The Labute approximate surface area is 135 Å². The zero-order valence-corrected chi connectivity index (χ0v) is 12.7. The number of benzene rings is 2. The van der Waals surface area contributed by atoms with E-state index in [0.717, 1.165) is 29.5 Å². The van der Waals surface area contributed by atoms with Crippen molar-refractivity contribution >= 4 is 0 Å². The number of nitrogens with two attached hydrogens (primary N) is 1. The second-order valence-corrected chi connectivity index (χ2v) is 6.40. The summed E-state index contributed by atoms with van der Waals surface area (Å²) < 4.78 is 0. The fourth-order valence-electron chi connectivity index (χ4n) is 4.35. The van der Waals surface area contributed by atoms with Gasteiger partial charge in [0, 0.05) is 11.8 Å². The molecular weight excluding hydrogens is 284 g/mol. The van der Waals surface area contributed by atoms with Crippen molar-refractivity contribution in [3.05, 3.63) is 82.6 Å². The maximum atomic E-state index is 11.5. The second kappa shape index (κ2) is 4.97. The molecule has 0 amide bonds. The van der Waals surface area contributed by atoms with Gasteiger partial charge in [-0.2, -0.15) is 5.26 Å². The van der Waals surface area contributed by atoms with Crippen LogP contribution in [0, 0.1) is 17.2 Å². The maximum absolute atomic E-state index is 11.5. The van der Waals surface area contributed by atoms with Gasteiger partial charge in [0.2, 0.25) is 0 Å². The zero-order chi connectivity index (χ0) is 16.0. The van der Waals surface area contributed by atoms with Gasteiger partial charge in [0.25, 0.3) is 0 Å². The van der Waals surface area contributed by atoms with E-state index in [2.05, 4.69) is 6.07 Å². The highest BCUT2D eigenvalue weighted by Gasteiger charge is 2.55. The van der Waals surface area contributed by atoms with Gasteiger partial charge in [-0.15, -0.1) is 0 Å². The molecule has 2 aliphatic carbocycles. The number of hydrogen-bond acceptors (Lipinski definition) is 3. The van der Waals surface area contributed by atoms with Gasteiger partial charge in [0.1, 0.15) is 5.60 Å². The lowest BCUT2D eigenvalue weighted by molar-refractivity contribution is 0.00575. The van der Waals surface area contributed by atoms with Crippen LogP contribution in [0.4, 0.5) is 0 Å². The van der Waals surface area contributed by atoms with Crippen LogP contribution in [0.1, 0.15) is 29.0 Å². The average molecular weight is 302 g/mol. The molecule has 2 aromatic rings. The third kappa shape index (κ3) is 1.79. The molecule has 0 aromatic heterocycles. The maximum Gasteiger partial charge on any atom is 0.134 e. The molecule has 0 spiro atoms. The van der Waals surface area contributed by atoms with Crippen LogP contribution in [0.25, 0.3) is 0 Å². The number of aryl methyl sites for hydroxylation is 1. The van der Waals surface area contributed by atoms with Crippen molar-refractivity contribution in [2.24, 2.45) is 11.7 Å². The smallest absolute Gasteiger partial charge is 0.134 e. The van der Waals surface area contributed by atoms with Crippen molar-refractivity contribution in [3.63, 3.8) is 0 Å². The van der Waals surface area contributed by atoms with Gasteiger partial charge in [-0.05, 0) is 29.5 Å². The Hall–Kier alpha value is -2.57. The number of rotatable bonds is 1. The number of hydrogen-bond donors (Lipinski definition) is 2. The minimum absolute atomic E-state index is 0.0885. The molecule has 2 aromatic carbocycles. The summed E-state index contributed by atoms with van der Waals surface area (Å²) in [6.07, 6.45) is 1.72. The van der Waals surface area contributed by atoms with Crippen LogP contribution >= 0.6 is 0 Å². The van der Waals surface area contributed by atoms with Gasteiger partial charge < -0.3 is 10.8 Å². The SMILES string of the molecule is N#CC1=C(N)[C@@]2(O)c3ccccc3CC[C@H]2[C@H]1c1ccccc1. The summed E-state index contributed by atoms with van der Waals surface area (Å²) in [5.74, 6) is -0.228. The molecule has 0 heterocycles. The Bertz CT molecular complexity index is 834. The van der Waals surface area contributed by atoms with E-state index in [9.17, 15) is 10.4 Å². The van der Waals surface area contributed by atoms with Gasteiger partial charge in [-0.3, -0.25) is 0 Å². The monoisotopic (exact) mass is 302 g/mol. The normalized spacial score (nSPS) is 28.9. The summed E-state index contributed by atoms with van der Waals surface area (Å²) >= 11 is 0. The van der Waals surface area contributed by atoms with E-state index < -0.39 is 5.60 Å². The molecular formula is C20H18N2O. The van der Waals surface area contributed by atoms with Crippen LogP contribution in [0.15, 0.2) is 65.9 Å². The van der Waals surface area contributed by atoms with Crippen LogP contribution in [-0.2, 0) is 12.0 Å². The lowest BCUT2D eigenvalue weighted by Gasteiger charge is -2.40. The van der Waals surface area contributed by atoms with Crippen molar-refractivity contribution in [1.82, 2.24) is 0 Å². The summed E-state index contributed by atoms with van der Waals surface area (Å²) in [7, 11) is 0. The lowest BCUT2D eigenvalue weighted by Crippen LogP contribution is -2.41. The van der Waals surface area contributed by atoms with Gasteiger partial charge >= 0.3 is 0 Å². The van der Waals surface area contributed by atoms with Crippen molar-refractivity contribution in [2.45, 2.75) is 24.4 Å². The molecule has 0 radical (unpaired) electrons. The molecule has 3 atom stereocenters. The molecule has 3 N–H and O–H groups in total. The zero-order valence-electron chi connectivity index (χ0n) is 12.7. The lowest BCUT2D eigenvalue weighted by atomic mass is 9.68. The van der Waals surface area contributed by atoms with Gasteiger partial charge in [-0.25, -0.2) is 0 Å². The van der Waals surface area contributed by atoms with Crippen molar-refractivity contribution in [1.29, 1.82) is 5.26 Å². The highest BCUT2D eigenvalue weighted by molar-refractivity contribution is 5.55. The predicted octanol–water partition coefficient (Wildman–Crippen LogP) is 2.97. The molecule has 3 nitrogen and oxygen atoms in total. The second-order valence-electron chi connectivity index (χ2n) is 6.40. The summed E-state index contributed by atoms with van der Waals surface area (Å²) in [4.78, 5) is 0. The minimum Gasteiger partial charge on any atom is -0.399 e. The minimum atomic E-state index is -1.24. The third-order valence-corrected chi connectivity index (χ3v) is 5.38. The van der Waals surface area contributed by atoms with Gasteiger partial charge in [0.15, 0.2) is 0 Å². The fraction of sp³-hybridized carbons (Fsp3) is 0.250. The number of fused-ring (bicyclic) bond motifs is 3. The molecule has 0 aliphatic heterocycles. The van der Waals surface area contributed by atoms with Crippen molar-refractivity contribution in [3.8, 4) is 6.07 Å². The molecule has 0 bridgehead atoms. The van der Waals surface area contributed by atoms with Crippen molar-refractivity contribution < 1.29 is 5.11 Å². The Morgan fingerprint density at radius 1 is 1.09 bits per heavy atom. The van der Waals surface area contributed by atoms with Gasteiger partial charge in [0.05, 0.1) is 17.3 Å². The molecule has 0 unspecified atom stereocenters. The molecule has 23 heavy (non-hydrogen) atoms. The molecule has 0 saturated heterocycles. The fourth-order valence-corrected chi connectivity index (χ4v) is 4.35. The Morgan fingerprint density at radius 2 is 1.78 bits per heavy atom. The Balaban J connectivity index is 1.94. The summed E-state index contributed by atoms with van der Waals surface area (Å²) in [5.41, 5.74) is 8.97. The standard InChI is InChI=1S/C20H18N2O/c21-12-15-18(14-7-2-1-3-8-14)17-11-10-13-6-4-5-9-16(13)20(17,23)19(15)22/h1-9,17-18,23H,10-11,22H2/t17-,18-,20+/m0/s1. The number of nitrogens with zero attached hydrogens (tertiary/aromatic N) is 1. The van der Waals surface area contributed by atoms with E-state index in [-0.39, 0.29) is 11.8 Å². The Kier molecular flexibility index (Phi) is 3.04. The highest BCUT2D eigenvalue weighted by atomic mass is 16.3. The Morgan fingerprint density at radius 3 is 2.52 bits per heavy atom. The van der Waals surface area contributed by atoms with E-state index in [1.165, 1.54) is 0 Å². The predicted molar refractivity (Wildman–Crippen MR) is 88.2 cm³/mol. The average Bonchev–Trinajstić information content (AvgIpc) is 2.83. The number of aliphatic hydroxyl groups is 1.